The second-order valence-electron chi connectivity index (χ2n) is 6.14. The highest BCUT2D eigenvalue weighted by Gasteiger charge is 2.22. The van der Waals surface area contributed by atoms with Crippen LogP contribution in [0.4, 0.5) is 0 Å². The number of aromatic nitrogens is 1. The fourth-order valence-corrected chi connectivity index (χ4v) is 3.15. The molecule has 6 nitrogen and oxygen atoms in total. The zero-order chi connectivity index (χ0) is 20.1. The summed E-state index contributed by atoms with van der Waals surface area (Å²) in [7, 11) is 3.18. The lowest BCUT2D eigenvalue weighted by atomic mass is 10.1. The van der Waals surface area contributed by atoms with E-state index < -0.39 is 0 Å². The van der Waals surface area contributed by atoms with E-state index in [1.807, 2.05) is 30.3 Å². The summed E-state index contributed by atoms with van der Waals surface area (Å²) in [5, 5.41) is 7.45. The van der Waals surface area contributed by atoms with E-state index in [2.05, 4.69) is 10.5 Å². The molecule has 0 saturated carbocycles. The maximum atomic E-state index is 12.7. The lowest BCUT2D eigenvalue weighted by Crippen LogP contribution is -2.26. The zero-order valence-corrected chi connectivity index (χ0v) is 16.7. The lowest BCUT2D eigenvalue weighted by Gasteiger charge is -2.10. The number of halogens is 1. The molecule has 0 saturated heterocycles. The van der Waals surface area contributed by atoms with Gasteiger partial charge in [-0.15, -0.1) is 0 Å². The largest absolute Gasteiger partial charge is 0.493 e. The van der Waals surface area contributed by atoms with Gasteiger partial charge in [0, 0.05) is 12.1 Å². The summed E-state index contributed by atoms with van der Waals surface area (Å²) in [5.74, 6) is 1.51. The van der Waals surface area contributed by atoms with E-state index in [0.717, 1.165) is 5.56 Å². The molecule has 0 atom stereocenters. The van der Waals surface area contributed by atoms with E-state index in [1.165, 1.54) is 0 Å². The van der Waals surface area contributed by atoms with Gasteiger partial charge in [-0.05, 0) is 37.1 Å². The van der Waals surface area contributed by atoms with Crippen molar-refractivity contribution >= 4 is 17.5 Å². The van der Waals surface area contributed by atoms with E-state index in [1.54, 1.807) is 33.3 Å². The summed E-state index contributed by atoms with van der Waals surface area (Å²) < 4.78 is 15.8. The molecular weight excluding hydrogens is 380 g/mol. The molecule has 0 bridgehead atoms. The Bertz CT molecular complexity index is 984. The van der Waals surface area contributed by atoms with Crippen molar-refractivity contribution in [2.75, 3.05) is 20.8 Å². The molecule has 0 radical (unpaired) electrons. The zero-order valence-electron chi connectivity index (χ0n) is 15.9. The van der Waals surface area contributed by atoms with Gasteiger partial charge in [-0.2, -0.15) is 0 Å². The molecule has 7 heteroatoms. The first-order valence-electron chi connectivity index (χ1n) is 8.75. The molecule has 1 amide bonds. The topological polar surface area (TPSA) is 73.6 Å². The number of rotatable bonds is 7. The average molecular weight is 401 g/mol. The fraction of sp³-hybridized carbons (Fsp3) is 0.238. The number of ether oxygens (including phenoxy) is 2. The minimum Gasteiger partial charge on any atom is -0.493 e. The molecule has 0 spiro atoms. The number of carbonyl (C=O) groups is 1. The normalized spacial score (nSPS) is 10.6. The Morgan fingerprint density at radius 1 is 1.14 bits per heavy atom. The second-order valence-corrected chi connectivity index (χ2v) is 6.54. The van der Waals surface area contributed by atoms with Crippen LogP contribution in [0.15, 0.2) is 47.0 Å². The van der Waals surface area contributed by atoms with Crippen LogP contribution in [-0.2, 0) is 6.42 Å². The number of hydrogen-bond acceptors (Lipinski definition) is 5. The highest BCUT2D eigenvalue weighted by atomic mass is 35.5. The number of nitrogens with one attached hydrogen (secondary N) is 1. The van der Waals surface area contributed by atoms with Crippen LogP contribution in [0.2, 0.25) is 5.02 Å². The van der Waals surface area contributed by atoms with Crippen molar-refractivity contribution in [3.05, 3.63) is 64.4 Å². The van der Waals surface area contributed by atoms with Gasteiger partial charge in [0.2, 0.25) is 0 Å². The standard InChI is InChI=1S/C21H21ClN2O4/c1-13-19(20(24-28-13)15-6-4-5-7-16(15)22)21(25)23-11-10-14-8-9-17(26-2)18(12-14)27-3/h4-9,12H,10-11H2,1-3H3,(H,23,25). The molecule has 0 aliphatic rings. The third-order valence-corrected chi connectivity index (χ3v) is 4.70. The number of aryl methyl sites for hydroxylation is 1. The van der Waals surface area contributed by atoms with Gasteiger partial charge in [0.05, 0.1) is 19.2 Å². The van der Waals surface area contributed by atoms with Crippen LogP contribution in [0.25, 0.3) is 11.3 Å². The maximum Gasteiger partial charge on any atom is 0.257 e. The molecule has 3 rings (SSSR count). The summed E-state index contributed by atoms with van der Waals surface area (Å²) in [6.45, 7) is 2.15. The highest BCUT2D eigenvalue weighted by molar-refractivity contribution is 6.33. The minimum absolute atomic E-state index is 0.255. The number of benzene rings is 2. The number of hydrogen-bond donors (Lipinski definition) is 1. The van der Waals surface area contributed by atoms with Gasteiger partial charge in [0.1, 0.15) is 17.0 Å². The highest BCUT2D eigenvalue weighted by Crippen LogP contribution is 2.31. The van der Waals surface area contributed by atoms with Gasteiger partial charge in [0.25, 0.3) is 5.91 Å². The molecule has 2 aromatic carbocycles. The molecule has 1 aromatic heterocycles. The predicted molar refractivity (Wildman–Crippen MR) is 107 cm³/mol. The second kappa shape index (κ2) is 8.80. The first kappa shape index (κ1) is 19.8. The predicted octanol–water partition coefficient (Wildman–Crippen LogP) is 4.29. The van der Waals surface area contributed by atoms with E-state index in [9.17, 15) is 4.79 Å². The molecule has 0 aliphatic carbocycles. The van der Waals surface area contributed by atoms with Gasteiger partial charge >= 0.3 is 0 Å². The van der Waals surface area contributed by atoms with Crippen molar-refractivity contribution in [1.82, 2.24) is 10.5 Å². The number of nitrogens with zero attached hydrogens (tertiary/aromatic N) is 1. The Hall–Kier alpha value is -2.99. The Labute approximate surface area is 168 Å². The third-order valence-electron chi connectivity index (χ3n) is 4.37. The minimum atomic E-state index is -0.255. The van der Waals surface area contributed by atoms with Crippen molar-refractivity contribution < 1.29 is 18.8 Å². The van der Waals surface area contributed by atoms with Gasteiger partial charge in [-0.25, -0.2) is 0 Å². The molecule has 146 valence electrons. The van der Waals surface area contributed by atoms with Crippen LogP contribution in [0.3, 0.4) is 0 Å². The number of amides is 1. The fourth-order valence-electron chi connectivity index (χ4n) is 2.92. The molecule has 1 N–H and O–H groups in total. The Balaban J connectivity index is 1.71. The van der Waals surface area contributed by atoms with Crippen LogP contribution in [0.1, 0.15) is 21.7 Å². The third kappa shape index (κ3) is 4.12. The van der Waals surface area contributed by atoms with Crippen molar-refractivity contribution in [2.45, 2.75) is 13.3 Å². The van der Waals surface area contributed by atoms with Crippen molar-refractivity contribution in [1.29, 1.82) is 0 Å². The quantitative estimate of drug-likeness (QED) is 0.640. The lowest BCUT2D eigenvalue weighted by molar-refractivity contribution is 0.0953. The summed E-state index contributed by atoms with van der Waals surface area (Å²) >= 11 is 6.25. The first-order chi connectivity index (χ1) is 13.5. The smallest absolute Gasteiger partial charge is 0.257 e. The summed E-state index contributed by atoms with van der Waals surface area (Å²) in [6.07, 6.45) is 0.637. The van der Waals surface area contributed by atoms with E-state index in [0.29, 0.717) is 52.1 Å². The summed E-state index contributed by atoms with van der Waals surface area (Å²) in [4.78, 5) is 12.7. The first-order valence-corrected chi connectivity index (χ1v) is 9.13. The molecule has 0 fully saturated rings. The van der Waals surface area contributed by atoms with Crippen LogP contribution in [-0.4, -0.2) is 31.8 Å². The van der Waals surface area contributed by atoms with Crippen molar-refractivity contribution in [2.24, 2.45) is 0 Å². The van der Waals surface area contributed by atoms with Crippen molar-refractivity contribution in [3.63, 3.8) is 0 Å². The van der Waals surface area contributed by atoms with E-state index in [-0.39, 0.29) is 5.91 Å². The SMILES string of the molecule is COc1ccc(CCNC(=O)c2c(-c3ccccc3Cl)noc2C)cc1OC. The summed E-state index contributed by atoms with van der Waals surface area (Å²) in [6, 6.07) is 12.9. The molecule has 1 heterocycles. The van der Waals surface area contributed by atoms with Gasteiger partial charge < -0.3 is 19.3 Å². The van der Waals surface area contributed by atoms with Crippen LogP contribution in [0, 0.1) is 6.92 Å². The molecule has 0 unspecified atom stereocenters. The monoisotopic (exact) mass is 400 g/mol. The average Bonchev–Trinajstić information content (AvgIpc) is 3.09. The van der Waals surface area contributed by atoms with Crippen LogP contribution < -0.4 is 14.8 Å². The summed E-state index contributed by atoms with van der Waals surface area (Å²) in [5.41, 5.74) is 2.50. The molecule has 3 aromatic rings. The molecular formula is C21H21ClN2O4. The van der Waals surface area contributed by atoms with Gasteiger partial charge in [0.15, 0.2) is 11.5 Å². The molecule has 28 heavy (non-hydrogen) atoms. The number of methoxy groups -OCH3 is 2. The van der Waals surface area contributed by atoms with E-state index in [4.69, 9.17) is 25.6 Å². The van der Waals surface area contributed by atoms with Gasteiger partial charge in [-0.3, -0.25) is 4.79 Å². The van der Waals surface area contributed by atoms with E-state index >= 15 is 0 Å². The van der Waals surface area contributed by atoms with Crippen molar-refractivity contribution in [3.8, 4) is 22.8 Å². The maximum absolute atomic E-state index is 12.7. The van der Waals surface area contributed by atoms with Crippen LogP contribution >= 0.6 is 11.6 Å². The van der Waals surface area contributed by atoms with Gasteiger partial charge in [-0.1, -0.05) is 41.0 Å². The van der Waals surface area contributed by atoms with Crippen LogP contribution in [0.5, 0.6) is 11.5 Å². The number of carbonyl (C=O) groups excluding carboxylic acids is 1. The Morgan fingerprint density at radius 3 is 2.61 bits per heavy atom. The Kier molecular flexibility index (Phi) is 6.21. The molecule has 0 aliphatic heterocycles. The Morgan fingerprint density at radius 2 is 1.89 bits per heavy atom.